The number of aromatic hydroxyl groups is 1. The van der Waals surface area contributed by atoms with Gasteiger partial charge in [-0.3, -0.25) is 0 Å². The van der Waals surface area contributed by atoms with Gasteiger partial charge in [-0.05, 0) is 18.6 Å². The number of rotatable bonds is 2. The van der Waals surface area contributed by atoms with Crippen LogP contribution in [0.25, 0.3) is 0 Å². The zero-order chi connectivity index (χ0) is 10.0. The van der Waals surface area contributed by atoms with Crippen LogP contribution in [-0.2, 0) is 6.42 Å². The molecule has 2 N–H and O–H groups in total. The first-order valence-corrected chi connectivity index (χ1v) is 3.81. The molecular formula is C9H9FO3. The lowest BCUT2D eigenvalue weighted by atomic mass is 10.0. The van der Waals surface area contributed by atoms with Crippen molar-refractivity contribution in [1.29, 1.82) is 0 Å². The molecule has 0 fully saturated rings. The Morgan fingerprint density at radius 1 is 1.54 bits per heavy atom. The highest BCUT2D eigenvalue weighted by Gasteiger charge is 2.15. The summed E-state index contributed by atoms with van der Waals surface area (Å²) in [7, 11) is 0. The Morgan fingerprint density at radius 2 is 2.15 bits per heavy atom. The van der Waals surface area contributed by atoms with Crippen molar-refractivity contribution < 1.29 is 19.4 Å². The fourth-order valence-corrected chi connectivity index (χ4v) is 1.17. The van der Waals surface area contributed by atoms with Crippen molar-refractivity contribution in [3.63, 3.8) is 0 Å². The molecule has 0 saturated carbocycles. The largest absolute Gasteiger partial charge is 0.505 e. The second kappa shape index (κ2) is 3.43. The van der Waals surface area contributed by atoms with Crippen LogP contribution in [-0.4, -0.2) is 16.2 Å². The highest BCUT2D eigenvalue weighted by atomic mass is 19.1. The molecule has 0 radical (unpaired) electrons. The van der Waals surface area contributed by atoms with E-state index in [0.717, 1.165) is 12.1 Å². The lowest BCUT2D eigenvalue weighted by Crippen LogP contribution is -2.02. The number of phenols is 1. The van der Waals surface area contributed by atoms with Gasteiger partial charge in [-0.2, -0.15) is 0 Å². The number of halogens is 1. The minimum atomic E-state index is -1.16. The second-order valence-electron chi connectivity index (χ2n) is 2.58. The van der Waals surface area contributed by atoms with Gasteiger partial charge in [0.1, 0.15) is 0 Å². The van der Waals surface area contributed by atoms with Crippen LogP contribution in [0.2, 0.25) is 0 Å². The molecule has 0 heterocycles. The maximum Gasteiger partial charge on any atom is 0.336 e. The van der Waals surface area contributed by atoms with Crippen molar-refractivity contribution in [2.75, 3.05) is 0 Å². The zero-order valence-electron chi connectivity index (χ0n) is 7.04. The van der Waals surface area contributed by atoms with Crippen molar-refractivity contribution in [3.05, 3.63) is 29.1 Å². The monoisotopic (exact) mass is 184 g/mol. The fraction of sp³-hybridized carbons (Fsp3) is 0.222. The van der Waals surface area contributed by atoms with Gasteiger partial charge < -0.3 is 10.2 Å². The lowest BCUT2D eigenvalue weighted by Gasteiger charge is -2.06. The zero-order valence-corrected chi connectivity index (χ0v) is 7.04. The molecule has 1 aromatic carbocycles. The highest BCUT2D eigenvalue weighted by Crippen LogP contribution is 2.25. The van der Waals surface area contributed by atoms with E-state index in [4.69, 9.17) is 5.11 Å². The molecule has 0 saturated heterocycles. The summed E-state index contributed by atoms with van der Waals surface area (Å²) in [5.74, 6) is -2.52. The standard InChI is InChI=1S/C9H9FO3/c1-2-5-6(9(12)13)3-4-7(10)8(5)11/h3-4,11H,2H2,1H3,(H,12,13). The number of carbonyl (C=O) groups is 1. The Kier molecular flexibility index (Phi) is 2.51. The quantitative estimate of drug-likeness (QED) is 0.736. The molecule has 0 atom stereocenters. The summed E-state index contributed by atoms with van der Waals surface area (Å²) in [5, 5.41) is 17.9. The van der Waals surface area contributed by atoms with E-state index in [1.54, 1.807) is 6.92 Å². The number of hydrogen-bond acceptors (Lipinski definition) is 2. The minimum absolute atomic E-state index is 0.0543. The van der Waals surface area contributed by atoms with Crippen molar-refractivity contribution in [2.45, 2.75) is 13.3 Å². The van der Waals surface area contributed by atoms with Gasteiger partial charge in [0, 0.05) is 5.56 Å². The third-order valence-electron chi connectivity index (χ3n) is 1.82. The molecule has 0 aromatic heterocycles. The normalized spacial score (nSPS) is 10.0. The summed E-state index contributed by atoms with van der Waals surface area (Å²) in [5.41, 5.74) is 0.0777. The van der Waals surface area contributed by atoms with Crippen LogP contribution in [0.4, 0.5) is 4.39 Å². The molecule has 0 spiro atoms. The van der Waals surface area contributed by atoms with Gasteiger partial charge in [0.25, 0.3) is 0 Å². The summed E-state index contributed by atoms with van der Waals surface area (Å²) in [4.78, 5) is 10.6. The van der Waals surface area contributed by atoms with E-state index in [0.29, 0.717) is 0 Å². The topological polar surface area (TPSA) is 57.5 Å². The molecular weight excluding hydrogens is 175 g/mol. The van der Waals surface area contributed by atoms with Gasteiger partial charge in [0.15, 0.2) is 11.6 Å². The van der Waals surface area contributed by atoms with E-state index in [1.165, 1.54) is 0 Å². The van der Waals surface area contributed by atoms with Crippen LogP contribution >= 0.6 is 0 Å². The van der Waals surface area contributed by atoms with Gasteiger partial charge in [-0.1, -0.05) is 6.92 Å². The molecule has 1 rings (SSSR count). The first-order chi connectivity index (χ1) is 6.07. The number of hydrogen-bond donors (Lipinski definition) is 2. The first kappa shape index (κ1) is 9.51. The van der Waals surface area contributed by atoms with Gasteiger partial charge in [0.05, 0.1) is 5.56 Å². The molecule has 0 bridgehead atoms. The van der Waals surface area contributed by atoms with Crippen LogP contribution in [0.5, 0.6) is 5.75 Å². The number of carboxylic acids is 1. The summed E-state index contributed by atoms with van der Waals surface area (Å²) >= 11 is 0. The van der Waals surface area contributed by atoms with Crippen LogP contribution in [0.1, 0.15) is 22.8 Å². The maximum atomic E-state index is 12.8. The van der Waals surface area contributed by atoms with E-state index in [-0.39, 0.29) is 17.5 Å². The first-order valence-electron chi connectivity index (χ1n) is 3.81. The molecule has 0 aliphatic carbocycles. The number of carboxylic acid groups (broad SMARTS) is 1. The Bertz CT molecular complexity index is 347. The van der Waals surface area contributed by atoms with Gasteiger partial charge in [0.2, 0.25) is 0 Å². The summed E-state index contributed by atoms with van der Waals surface area (Å²) < 4.78 is 12.8. The lowest BCUT2D eigenvalue weighted by molar-refractivity contribution is 0.0695. The second-order valence-corrected chi connectivity index (χ2v) is 2.58. The average molecular weight is 184 g/mol. The van der Waals surface area contributed by atoms with E-state index in [1.807, 2.05) is 0 Å². The molecule has 0 aliphatic heterocycles. The Morgan fingerprint density at radius 3 is 2.62 bits per heavy atom. The number of aromatic carboxylic acids is 1. The predicted molar refractivity (Wildman–Crippen MR) is 44.4 cm³/mol. The average Bonchev–Trinajstić information content (AvgIpc) is 2.09. The Hall–Kier alpha value is -1.58. The third kappa shape index (κ3) is 1.61. The van der Waals surface area contributed by atoms with Crippen molar-refractivity contribution in [3.8, 4) is 5.75 Å². The Labute approximate surface area is 74.4 Å². The van der Waals surface area contributed by atoms with E-state index in [2.05, 4.69) is 0 Å². The van der Waals surface area contributed by atoms with Crippen LogP contribution in [0.15, 0.2) is 12.1 Å². The number of benzene rings is 1. The van der Waals surface area contributed by atoms with Crippen LogP contribution < -0.4 is 0 Å². The summed E-state index contributed by atoms with van der Waals surface area (Å²) in [6, 6.07) is 2.09. The van der Waals surface area contributed by atoms with Crippen molar-refractivity contribution in [1.82, 2.24) is 0 Å². The minimum Gasteiger partial charge on any atom is -0.505 e. The molecule has 0 aliphatic rings. The van der Waals surface area contributed by atoms with Gasteiger partial charge in [-0.15, -0.1) is 0 Å². The third-order valence-corrected chi connectivity index (χ3v) is 1.82. The molecule has 0 unspecified atom stereocenters. The van der Waals surface area contributed by atoms with Crippen LogP contribution in [0.3, 0.4) is 0 Å². The van der Waals surface area contributed by atoms with E-state index < -0.39 is 17.5 Å². The van der Waals surface area contributed by atoms with Crippen molar-refractivity contribution in [2.24, 2.45) is 0 Å². The predicted octanol–water partition coefficient (Wildman–Crippen LogP) is 1.79. The molecule has 0 amide bonds. The molecule has 13 heavy (non-hydrogen) atoms. The van der Waals surface area contributed by atoms with Crippen LogP contribution in [0, 0.1) is 5.82 Å². The highest BCUT2D eigenvalue weighted by molar-refractivity contribution is 5.90. The van der Waals surface area contributed by atoms with Crippen molar-refractivity contribution >= 4 is 5.97 Å². The van der Waals surface area contributed by atoms with Gasteiger partial charge in [-0.25, -0.2) is 9.18 Å². The van der Waals surface area contributed by atoms with Gasteiger partial charge >= 0.3 is 5.97 Å². The molecule has 3 nitrogen and oxygen atoms in total. The molecule has 1 aromatic rings. The Balaban J connectivity index is 3.38. The molecule has 70 valence electrons. The van der Waals surface area contributed by atoms with E-state index in [9.17, 15) is 14.3 Å². The van der Waals surface area contributed by atoms with E-state index >= 15 is 0 Å². The molecule has 4 heteroatoms. The maximum absolute atomic E-state index is 12.8. The smallest absolute Gasteiger partial charge is 0.336 e. The SMILES string of the molecule is CCc1c(C(=O)O)ccc(F)c1O. The summed E-state index contributed by atoms with van der Waals surface area (Å²) in [6.07, 6.45) is 0.283. The summed E-state index contributed by atoms with van der Waals surface area (Å²) in [6.45, 7) is 1.65. The number of phenolic OH excluding ortho intramolecular Hbond substituents is 1. The fourth-order valence-electron chi connectivity index (χ4n) is 1.17.